The van der Waals surface area contributed by atoms with Crippen molar-refractivity contribution in [1.82, 2.24) is 14.4 Å². The predicted molar refractivity (Wildman–Crippen MR) is 64.8 cm³/mol. The zero-order valence-electron chi connectivity index (χ0n) is 10.1. The van der Waals surface area contributed by atoms with E-state index in [0.29, 0.717) is 0 Å². The van der Waals surface area contributed by atoms with Gasteiger partial charge in [-0.05, 0) is 53.1 Å². The van der Waals surface area contributed by atoms with Crippen molar-refractivity contribution < 1.29 is 0 Å². The van der Waals surface area contributed by atoms with Crippen LogP contribution < -0.4 is 4.98 Å². The molecule has 1 aliphatic heterocycles. The van der Waals surface area contributed by atoms with Crippen LogP contribution in [0.2, 0.25) is 13.1 Å². The average Bonchev–Trinajstić information content (AvgIpc) is 2.54. The molecule has 84 valence electrons. The fourth-order valence-electron chi connectivity index (χ4n) is 1.97. The number of nitrogens with zero attached hydrogens (tertiary/aromatic N) is 2. The van der Waals surface area contributed by atoms with Gasteiger partial charge in [0.25, 0.3) is 0 Å². The SMILES string of the molecule is CN(C)CCN[Si](C)(C)N1CCCC1. The lowest BCUT2D eigenvalue weighted by molar-refractivity contribution is 0.406. The molecule has 0 saturated carbocycles. The summed E-state index contributed by atoms with van der Waals surface area (Å²) in [5.41, 5.74) is 0. The first kappa shape index (κ1) is 12.2. The highest BCUT2D eigenvalue weighted by atomic mass is 28.3. The fraction of sp³-hybridized carbons (Fsp3) is 1.00. The maximum absolute atomic E-state index is 3.76. The largest absolute Gasteiger partial charge is 0.324 e. The van der Waals surface area contributed by atoms with Crippen molar-refractivity contribution in [3.63, 3.8) is 0 Å². The van der Waals surface area contributed by atoms with Crippen molar-refractivity contribution in [2.24, 2.45) is 0 Å². The van der Waals surface area contributed by atoms with E-state index >= 15 is 0 Å². The highest BCUT2D eigenvalue weighted by Gasteiger charge is 2.30. The van der Waals surface area contributed by atoms with E-state index < -0.39 is 8.40 Å². The second-order valence-corrected chi connectivity index (χ2v) is 9.09. The smallest absolute Gasteiger partial charge is 0.197 e. The lowest BCUT2D eigenvalue weighted by Crippen LogP contribution is -2.59. The van der Waals surface area contributed by atoms with Gasteiger partial charge in [-0.3, -0.25) is 0 Å². The van der Waals surface area contributed by atoms with Crippen molar-refractivity contribution in [3.8, 4) is 0 Å². The highest BCUT2D eigenvalue weighted by Crippen LogP contribution is 2.14. The summed E-state index contributed by atoms with van der Waals surface area (Å²) in [5.74, 6) is 0. The third-order valence-corrected chi connectivity index (χ3v) is 6.16. The van der Waals surface area contributed by atoms with Gasteiger partial charge in [0.15, 0.2) is 8.40 Å². The van der Waals surface area contributed by atoms with Gasteiger partial charge < -0.3 is 14.4 Å². The van der Waals surface area contributed by atoms with E-state index in [2.05, 4.69) is 41.6 Å². The number of hydrogen-bond acceptors (Lipinski definition) is 3. The maximum Gasteiger partial charge on any atom is 0.197 e. The van der Waals surface area contributed by atoms with Crippen LogP contribution >= 0.6 is 0 Å². The van der Waals surface area contributed by atoms with Crippen LogP contribution in [0.5, 0.6) is 0 Å². The second kappa shape index (κ2) is 5.26. The molecule has 1 N–H and O–H groups in total. The van der Waals surface area contributed by atoms with E-state index in [1.54, 1.807) is 0 Å². The second-order valence-electron chi connectivity index (χ2n) is 4.98. The van der Waals surface area contributed by atoms with Crippen LogP contribution in [0.4, 0.5) is 0 Å². The topological polar surface area (TPSA) is 18.5 Å². The summed E-state index contributed by atoms with van der Waals surface area (Å²) >= 11 is 0. The minimum atomic E-state index is -1.28. The summed E-state index contributed by atoms with van der Waals surface area (Å²) in [6.07, 6.45) is 2.79. The number of rotatable bonds is 5. The average molecular weight is 215 g/mol. The van der Waals surface area contributed by atoms with Crippen molar-refractivity contribution in [2.75, 3.05) is 40.3 Å². The molecule has 0 spiro atoms. The first-order valence-electron chi connectivity index (χ1n) is 5.67. The molecule has 0 radical (unpaired) electrons. The number of hydrogen-bond donors (Lipinski definition) is 1. The van der Waals surface area contributed by atoms with Gasteiger partial charge in [-0.1, -0.05) is 0 Å². The Morgan fingerprint density at radius 3 is 2.29 bits per heavy atom. The molecule has 1 heterocycles. The standard InChI is InChI=1S/C10H25N3Si/c1-12(2)10-7-11-14(3,4)13-8-5-6-9-13/h11H,5-10H2,1-4H3. The zero-order valence-corrected chi connectivity index (χ0v) is 11.1. The van der Waals surface area contributed by atoms with Crippen molar-refractivity contribution in [3.05, 3.63) is 0 Å². The first-order valence-corrected chi connectivity index (χ1v) is 8.62. The van der Waals surface area contributed by atoms with Crippen molar-refractivity contribution in [2.45, 2.75) is 25.9 Å². The quantitative estimate of drug-likeness (QED) is 0.689. The van der Waals surface area contributed by atoms with E-state index in [1.165, 1.54) is 25.9 Å². The molecule has 0 amide bonds. The first-order chi connectivity index (χ1) is 6.52. The van der Waals surface area contributed by atoms with Crippen LogP contribution in [0.25, 0.3) is 0 Å². The van der Waals surface area contributed by atoms with E-state index in [0.717, 1.165) is 13.1 Å². The molecule has 14 heavy (non-hydrogen) atoms. The molecule has 0 aliphatic carbocycles. The molecule has 3 nitrogen and oxygen atoms in total. The fourth-order valence-corrected chi connectivity index (χ4v) is 4.35. The summed E-state index contributed by atoms with van der Waals surface area (Å²) in [5, 5.41) is 0. The monoisotopic (exact) mass is 215 g/mol. The van der Waals surface area contributed by atoms with Gasteiger partial charge in [0.2, 0.25) is 0 Å². The molecule has 0 unspecified atom stereocenters. The Balaban J connectivity index is 2.25. The normalized spacial score (nSPS) is 19.5. The molecular weight excluding hydrogens is 190 g/mol. The molecule has 1 rings (SSSR count). The molecule has 1 saturated heterocycles. The number of likely N-dealkylation sites (N-methyl/N-ethyl adjacent to an activating group) is 1. The molecule has 0 aromatic carbocycles. The molecule has 0 bridgehead atoms. The predicted octanol–water partition coefficient (Wildman–Crippen LogP) is 0.935. The Bertz CT molecular complexity index is 165. The molecule has 1 fully saturated rings. The van der Waals surface area contributed by atoms with Gasteiger partial charge in [-0.15, -0.1) is 0 Å². The lowest BCUT2D eigenvalue weighted by Gasteiger charge is -2.34. The Hall–Kier alpha value is 0.0969. The minimum absolute atomic E-state index is 1.13. The Kier molecular flexibility index (Phi) is 4.57. The van der Waals surface area contributed by atoms with E-state index in [9.17, 15) is 0 Å². The van der Waals surface area contributed by atoms with Gasteiger partial charge in [0.1, 0.15) is 0 Å². The Morgan fingerprint density at radius 1 is 1.21 bits per heavy atom. The third kappa shape index (κ3) is 3.69. The van der Waals surface area contributed by atoms with Crippen LogP contribution in [-0.4, -0.2) is 58.1 Å². The zero-order chi connectivity index (χ0) is 10.6. The van der Waals surface area contributed by atoms with Crippen molar-refractivity contribution in [1.29, 1.82) is 0 Å². The highest BCUT2D eigenvalue weighted by molar-refractivity contribution is 6.72. The van der Waals surface area contributed by atoms with Crippen LogP contribution in [-0.2, 0) is 0 Å². The Labute approximate surface area is 89.6 Å². The van der Waals surface area contributed by atoms with E-state index in [4.69, 9.17) is 0 Å². The van der Waals surface area contributed by atoms with Gasteiger partial charge in [0, 0.05) is 13.1 Å². The molecule has 0 atom stereocenters. The minimum Gasteiger partial charge on any atom is -0.324 e. The molecule has 4 heteroatoms. The van der Waals surface area contributed by atoms with E-state index in [-0.39, 0.29) is 0 Å². The lowest BCUT2D eigenvalue weighted by atomic mass is 10.4. The van der Waals surface area contributed by atoms with Gasteiger partial charge in [0.05, 0.1) is 0 Å². The van der Waals surface area contributed by atoms with Crippen molar-refractivity contribution >= 4 is 8.40 Å². The van der Waals surface area contributed by atoms with Crippen LogP contribution in [0.1, 0.15) is 12.8 Å². The molecule has 1 aliphatic rings. The Morgan fingerprint density at radius 2 is 1.79 bits per heavy atom. The van der Waals surface area contributed by atoms with Crippen LogP contribution in [0.3, 0.4) is 0 Å². The van der Waals surface area contributed by atoms with E-state index in [1.807, 2.05) is 0 Å². The summed E-state index contributed by atoms with van der Waals surface area (Å²) in [6, 6.07) is 0. The third-order valence-electron chi connectivity index (χ3n) is 3.01. The molecule has 0 aromatic heterocycles. The van der Waals surface area contributed by atoms with Crippen LogP contribution in [0.15, 0.2) is 0 Å². The summed E-state index contributed by atoms with van der Waals surface area (Å²) < 4.78 is 2.68. The maximum atomic E-state index is 3.76. The molecular formula is C10H25N3Si. The van der Waals surface area contributed by atoms with Gasteiger partial charge >= 0.3 is 0 Å². The van der Waals surface area contributed by atoms with Crippen LogP contribution in [0, 0.1) is 0 Å². The molecule has 0 aromatic rings. The van der Waals surface area contributed by atoms with Gasteiger partial charge in [-0.2, -0.15) is 0 Å². The summed E-state index contributed by atoms with van der Waals surface area (Å²) in [4.78, 5) is 5.99. The summed E-state index contributed by atoms with van der Waals surface area (Å²) in [7, 11) is 2.98. The summed E-state index contributed by atoms with van der Waals surface area (Å²) in [6.45, 7) is 9.75. The number of nitrogens with one attached hydrogen (secondary N) is 1. The van der Waals surface area contributed by atoms with Gasteiger partial charge in [-0.25, -0.2) is 0 Å².